The van der Waals surface area contributed by atoms with E-state index in [4.69, 9.17) is 10.5 Å². The number of nitrogens with two attached hydrogens (primary N) is 1. The van der Waals surface area contributed by atoms with Crippen molar-refractivity contribution in [1.82, 2.24) is 10.3 Å². The van der Waals surface area contributed by atoms with Crippen LogP contribution in [0.25, 0.3) is 10.2 Å². The van der Waals surface area contributed by atoms with Crippen LogP contribution in [0.3, 0.4) is 0 Å². The third kappa shape index (κ3) is 3.69. The second-order valence-corrected chi connectivity index (χ2v) is 9.27. The van der Waals surface area contributed by atoms with Crippen LogP contribution in [0.5, 0.6) is 5.75 Å². The van der Waals surface area contributed by atoms with Crippen molar-refractivity contribution >= 4 is 38.8 Å². The van der Waals surface area contributed by atoms with Gasteiger partial charge < -0.3 is 20.7 Å². The van der Waals surface area contributed by atoms with Gasteiger partial charge in [0.15, 0.2) is 11.6 Å². The van der Waals surface area contributed by atoms with Gasteiger partial charge in [-0.2, -0.15) is 0 Å². The maximum absolute atomic E-state index is 15.1. The molecule has 0 aliphatic carbocycles. The number of carbonyl (C=O) groups is 1. The summed E-state index contributed by atoms with van der Waals surface area (Å²) in [4.78, 5) is 20.6. The Morgan fingerprint density at radius 3 is 2.87 bits per heavy atom. The highest BCUT2D eigenvalue weighted by atomic mass is 32.1. The Balaban J connectivity index is 1.32. The first-order valence-electron chi connectivity index (χ1n) is 10.7. The number of nitrogens with one attached hydrogen (secondary N) is 1. The Bertz CT molecular complexity index is 1160. The quantitative estimate of drug-likeness (QED) is 0.642. The Morgan fingerprint density at radius 1 is 1.26 bits per heavy atom. The zero-order chi connectivity index (χ0) is 21.5. The first-order chi connectivity index (χ1) is 15.0. The molecule has 2 aliphatic heterocycles. The SMILES string of the molecule is Cc1ccc2c(N)c(C(=O)N[C@H]3COc4c(ccc(N5CCCCC5)c4F)C3)sc2n1. The fourth-order valence-corrected chi connectivity index (χ4v) is 5.43. The number of hydrogen-bond donors (Lipinski definition) is 2. The molecule has 3 aromatic rings. The molecule has 0 spiro atoms. The molecular weight excluding hydrogens is 415 g/mol. The van der Waals surface area contributed by atoms with Crippen molar-refractivity contribution in [2.75, 3.05) is 30.3 Å². The Labute approximate surface area is 184 Å². The number of fused-ring (bicyclic) bond motifs is 2. The summed E-state index contributed by atoms with van der Waals surface area (Å²) in [5.74, 6) is -0.227. The van der Waals surface area contributed by atoms with Crippen LogP contribution in [-0.4, -0.2) is 36.6 Å². The average Bonchev–Trinajstić information content (AvgIpc) is 3.10. The maximum Gasteiger partial charge on any atom is 0.263 e. The Kier molecular flexibility index (Phi) is 5.17. The van der Waals surface area contributed by atoms with Crippen molar-refractivity contribution in [2.45, 2.75) is 38.6 Å². The molecule has 0 saturated carbocycles. The van der Waals surface area contributed by atoms with Crippen LogP contribution in [0, 0.1) is 12.7 Å². The summed E-state index contributed by atoms with van der Waals surface area (Å²) >= 11 is 1.29. The number of ether oxygens (including phenoxy) is 1. The lowest BCUT2D eigenvalue weighted by Crippen LogP contribution is -2.43. The first kappa shape index (κ1) is 20.1. The van der Waals surface area contributed by atoms with E-state index >= 15 is 4.39 Å². The highest BCUT2D eigenvalue weighted by Crippen LogP contribution is 2.36. The molecule has 5 rings (SSSR count). The Morgan fingerprint density at radius 2 is 2.06 bits per heavy atom. The number of amides is 1. The van der Waals surface area contributed by atoms with Crippen molar-refractivity contribution in [2.24, 2.45) is 0 Å². The number of thiophene rings is 1. The van der Waals surface area contributed by atoms with Gasteiger partial charge in [-0.1, -0.05) is 6.07 Å². The molecule has 162 valence electrons. The standard InChI is InChI=1S/C23H25FN4O2S/c1-13-5-7-16-19(25)21(31-23(16)26-13)22(29)27-15-11-14-6-8-17(18(24)20(14)30-12-15)28-9-3-2-4-10-28/h5-8,15H,2-4,9-12,25H2,1H3,(H,27,29)/t15-/m1/s1. The number of hydrogen-bond acceptors (Lipinski definition) is 6. The highest BCUT2D eigenvalue weighted by Gasteiger charge is 2.28. The van der Waals surface area contributed by atoms with Crippen LogP contribution in [0.4, 0.5) is 15.8 Å². The molecule has 0 bridgehead atoms. The molecule has 1 aromatic carbocycles. The number of pyridine rings is 1. The maximum atomic E-state index is 15.1. The van der Waals surface area contributed by atoms with Crippen LogP contribution < -0.4 is 20.7 Å². The number of aromatic nitrogens is 1. The first-order valence-corrected chi connectivity index (χ1v) is 11.5. The zero-order valence-corrected chi connectivity index (χ0v) is 18.2. The van der Waals surface area contributed by atoms with E-state index in [-0.39, 0.29) is 24.4 Å². The van der Waals surface area contributed by atoms with Crippen molar-refractivity contribution < 1.29 is 13.9 Å². The topological polar surface area (TPSA) is 80.5 Å². The van der Waals surface area contributed by atoms with Crippen LogP contribution in [0.2, 0.25) is 0 Å². The van der Waals surface area contributed by atoms with Gasteiger partial charge >= 0.3 is 0 Å². The minimum Gasteiger partial charge on any atom is -0.488 e. The number of benzene rings is 1. The lowest BCUT2D eigenvalue weighted by atomic mass is 10.0. The molecule has 31 heavy (non-hydrogen) atoms. The number of rotatable bonds is 3. The number of aryl methyl sites for hydroxylation is 1. The third-order valence-electron chi connectivity index (χ3n) is 6.02. The normalized spacial score (nSPS) is 18.5. The molecule has 0 unspecified atom stereocenters. The van der Waals surface area contributed by atoms with Gasteiger partial charge in [0, 0.05) is 24.2 Å². The minimum atomic E-state index is -0.292. The summed E-state index contributed by atoms with van der Waals surface area (Å²) in [6, 6.07) is 7.28. The molecule has 4 heterocycles. The lowest BCUT2D eigenvalue weighted by molar-refractivity contribution is 0.0919. The van der Waals surface area contributed by atoms with Crippen molar-refractivity contribution in [3.8, 4) is 5.75 Å². The van der Waals surface area contributed by atoms with E-state index in [0.29, 0.717) is 28.4 Å². The molecule has 0 radical (unpaired) electrons. The van der Waals surface area contributed by atoms with Crippen LogP contribution in [0.1, 0.15) is 40.2 Å². The summed E-state index contributed by atoms with van der Waals surface area (Å²) in [6.45, 7) is 3.88. The van der Waals surface area contributed by atoms with E-state index in [1.54, 1.807) is 0 Å². The van der Waals surface area contributed by atoms with Crippen molar-refractivity contribution in [3.63, 3.8) is 0 Å². The summed E-state index contributed by atoms with van der Waals surface area (Å²) < 4.78 is 20.9. The smallest absolute Gasteiger partial charge is 0.263 e. The number of piperidine rings is 1. The van der Waals surface area contributed by atoms with Crippen molar-refractivity contribution in [3.05, 3.63) is 46.2 Å². The average molecular weight is 441 g/mol. The van der Waals surface area contributed by atoms with Gasteiger partial charge in [-0.25, -0.2) is 9.37 Å². The second kappa shape index (κ2) is 8.00. The van der Waals surface area contributed by atoms with Crippen LogP contribution in [-0.2, 0) is 6.42 Å². The summed E-state index contributed by atoms with van der Waals surface area (Å²) in [5.41, 5.74) is 8.91. The van der Waals surface area contributed by atoms with Crippen LogP contribution >= 0.6 is 11.3 Å². The van der Waals surface area contributed by atoms with Gasteiger partial charge in [0.25, 0.3) is 5.91 Å². The minimum absolute atomic E-state index is 0.223. The molecule has 6 nitrogen and oxygen atoms in total. The lowest BCUT2D eigenvalue weighted by Gasteiger charge is -2.32. The van der Waals surface area contributed by atoms with Crippen molar-refractivity contribution in [1.29, 1.82) is 0 Å². The summed E-state index contributed by atoms with van der Waals surface area (Å²) in [7, 11) is 0. The fourth-order valence-electron chi connectivity index (χ4n) is 4.39. The van der Waals surface area contributed by atoms with E-state index in [2.05, 4.69) is 15.2 Å². The number of halogens is 1. The van der Waals surface area contributed by atoms with Crippen LogP contribution in [0.15, 0.2) is 24.3 Å². The van der Waals surface area contributed by atoms with Gasteiger partial charge in [-0.3, -0.25) is 4.79 Å². The Hall–Kier alpha value is -2.87. The predicted octanol–water partition coefficient (Wildman–Crippen LogP) is 4.05. The second-order valence-electron chi connectivity index (χ2n) is 8.27. The fraction of sp³-hybridized carbons (Fsp3) is 0.391. The van der Waals surface area contributed by atoms with Gasteiger partial charge in [0.05, 0.1) is 17.4 Å². The third-order valence-corrected chi connectivity index (χ3v) is 7.14. The number of nitrogens with zero attached hydrogens (tertiary/aromatic N) is 2. The van der Waals surface area contributed by atoms with E-state index < -0.39 is 0 Å². The predicted molar refractivity (Wildman–Crippen MR) is 122 cm³/mol. The molecule has 8 heteroatoms. The monoisotopic (exact) mass is 440 g/mol. The largest absolute Gasteiger partial charge is 0.488 e. The summed E-state index contributed by atoms with van der Waals surface area (Å²) in [5, 5.41) is 3.79. The molecule has 1 amide bonds. The number of carbonyl (C=O) groups excluding carboxylic acids is 1. The number of nitrogen functional groups attached to an aromatic ring is 1. The number of anilines is 2. The zero-order valence-electron chi connectivity index (χ0n) is 17.4. The highest BCUT2D eigenvalue weighted by molar-refractivity contribution is 7.21. The summed E-state index contributed by atoms with van der Waals surface area (Å²) in [6.07, 6.45) is 3.88. The van der Waals surface area contributed by atoms with Gasteiger partial charge in [-0.15, -0.1) is 11.3 Å². The molecule has 1 atom stereocenters. The molecule has 3 N–H and O–H groups in total. The molecule has 1 saturated heterocycles. The molecule has 2 aliphatic rings. The molecule has 1 fully saturated rings. The molecular formula is C23H25FN4O2S. The van der Waals surface area contributed by atoms with E-state index in [1.165, 1.54) is 17.8 Å². The van der Waals surface area contributed by atoms with E-state index in [9.17, 15) is 4.79 Å². The molecule has 2 aromatic heterocycles. The van der Waals surface area contributed by atoms with E-state index in [0.717, 1.165) is 47.4 Å². The van der Waals surface area contributed by atoms with Gasteiger partial charge in [0.1, 0.15) is 16.3 Å². The van der Waals surface area contributed by atoms with Gasteiger partial charge in [-0.05, 0) is 56.4 Å². The van der Waals surface area contributed by atoms with E-state index in [1.807, 2.05) is 31.2 Å². The van der Waals surface area contributed by atoms with Gasteiger partial charge in [0.2, 0.25) is 0 Å².